The second-order valence-corrected chi connectivity index (χ2v) is 6.73. The number of benzene rings is 1. The van der Waals surface area contributed by atoms with Crippen molar-refractivity contribution in [1.29, 1.82) is 0 Å². The minimum atomic E-state index is -0.203. The highest BCUT2D eigenvalue weighted by Gasteiger charge is 2.16. The predicted octanol–water partition coefficient (Wildman–Crippen LogP) is 4.78. The highest BCUT2D eigenvalue weighted by Crippen LogP contribution is 2.25. The predicted molar refractivity (Wildman–Crippen MR) is 96.9 cm³/mol. The fourth-order valence-electron chi connectivity index (χ4n) is 2.11. The number of amides is 1. The summed E-state index contributed by atoms with van der Waals surface area (Å²) >= 11 is 9.05. The highest BCUT2D eigenvalue weighted by atomic mass is 35.5. The van der Waals surface area contributed by atoms with Crippen molar-refractivity contribution < 1.29 is 4.79 Å². The van der Waals surface area contributed by atoms with E-state index >= 15 is 0 Å². The van der Waals surface area contributed by atoms with Crippen LogP contribution in [-0.2, 0) is 4.79 Å². The Labute approximate surface area is 147 Å². The second kappa shape index (κ2) is 7.55. The van der Waals surface area contributed by atoms with E-state index in [-0.39, 0.29) is 11.9 Å². The molecule has 1 amide bonds. The summed E-state index contributed by atoms with van der Waals surface area (Å²) in [7, 11) is 0. The molecule has 3 nitrogen and oxygen atoms in total. The molecule has 2 aromatic heterocycles. The van der Waals surface area contributed by atoms with Gasteiger partial charge < -0.3 is 5.32 Å². The number of carbonyl (C=O) groups excluding carboxylic acids is 1. The number of rotatable bonds is 5. The van der Waals surface area contributed by atoms with E-state index in [0.29, 0.717) is 5.02 Å². The Bertz CT molecular complexity index is 781. The van der Waals surface area contributed by atoms with E-state index in [9.17, 15) is 4.79 Å². The van der Waals surface area contributed by atoms with E-state index < -0.39 is 0 Å². The summed E-state index contributed by atoms with van der Waals surface area (Å²) in [6.07, 6.45) is 3.21. The first-order valence-electron chi connectivity index (χ1n) is 6.87. The van der Waals surface area contributed by atoms with Gasteiger partial charge in [0.15, 0.2) is 0 Å². The molecule has 6 heteroatoms. The number of nitrogens with one attached hydrogen (secondary N) is 1. The van der Waals surface area contributed by atoms with Crippen LogP contribution in [0.3, 0.4) is 0 Å². The number of nitrogens with zero attached hydrogens (tertiary/aromatic N) is 1. The van der Waals surface area contributed by atoms with Gasteiger partial charge in [-0.15, -0.1) is 11.3 Å². The summed E-state index contributed by atoms with van der Waals surface area (Å²) in [4.78, 5) is 16.4. The number of aromatic nitrogens is 1. The Hall–Kier alpha value is -1.95. The van der Waals surface area contributed by atoms with Crippen LogP contribution in [0.15, 0.2) is 58.1 Å². The summed E-state index contributed by atoms with van der Waals surface area (Å²) in [5.41, 5.74) is 4.55. The molecule has 116 valence electrons. The van der Waals surface area contributed by atoms with Gasteiger partial charge in [-0.25, -0.2) is 4.98 Å². The maximum absolute atomic E-state index is 12.2. The van der Waals surface area contributed by atoms with Gasteiger partial charge >= 0.3 is 0 Å². The van der Waals surface area contributed by atoms with E-state index in [0.717, 1.165) is 16.8 Å². The molecule has 0 radical (unpaired) electrons. The maximum Gasteiger partial charge on any atom is 0.244 e. The van der Waals surface area contributed by atoms with Gasteiger partial charge in [0.05, 0.1) is 17.2 Å². The first kappa shape index (κ1) is 15.9. The van der Waals surface area contributed by atoms with Gasteiger partial charge in [-0.05, 0) is 46.2 Å². The van der Waals surface area contributed by atoms with E-state index in [4.69, 9.17) is 11.6 Å². The van der Waals surface area contributed by atoms with Crippen molar-refractivity contribution in [2.45, 2.75) is 6.04 Å². The standard InChI is InChI=1S/C17H13ClN2OS2/c18-14-3-1-12(2-4-14)17(13-7-8-22-9-13)20-16(21)6-5-15-10-23-11-19-15/h1-11,17H,(H,20,21)/b6-5+/t17-/m1/s1. The normalized spacial score (nSPS) is 12.4. The fraction of sp³-hybridized carbons (Fsp3) is 0.0588. The van der Waals surface area contributed by atoms with Crippen molar-refractivity contribution in [3.05, 3.63) is 79.9 Å². The van der Waals surface area contributed by atoms with Crippen molar-refractivity contribution in [3.8, 4) is 0 Å². The third-order valence-corrected chi connectivity index (χ3v) is 4.78. The Morgan fingerprint density at radius 2 is 1.96 bits per heavy atom. The number of halogens is 1. The van der Waals surface area contributed by atoms with E-state index in [1.165, 1.54) is 17.4 Å². The molecule has 0 unspecified atom stereocenters. The van der Waals surface area contributed by atoms with Crippen molar-refractivity contribution in [2.75, 3.05) is 0 Å². The topological polar surface area (TPSA) is 42.0 Å². The quantitative estimate of drug-likeness (QED) is 0.665. The van der Waals surface area contributed by atoms with Gasteiger partial charge in [0, 0.05) is 16.5 Å². The highest BCUT2D eigenvalue weighted by molar-refractivity contribution is 7.08. The molecular weight excluding hydrogens is 348 g/mol. The summed E-state index contributed by atoms with van der Waals surface area (Å²) < 4.78 is 0. The molecule has 1 N–H and O–H groups in total. The van der Waals surface area contributed by atoms with Crippen LogP contribution >= 0.6 is 34.3 Å². The molecule has 0 fully saturated rings. The molecule has 2 heterocycles. The van der Waals surface area contributed by atoms with Crippen molar-refractivity contribution in [2.24, 2.45) is 0 Å². The number of hydrogen-bond donors (Lipinski definition) is 1. The zero-order valence-corrected chi connectivity index (χ0v) is 14.4. The summed E-state index contributed by atoms with van der Waals surface area (Å²) in [6, 6.07) is 9.31. The van der Waals surface area contributed by atoms with Gasteiger partial charge in [0.25, 0.3) is 0 Å². The molecule has 23 heavy (non-hydrogen) atoms. The zero-order chi connectivity index (χ0) is 16.1. The largest absolute Gasteiger partial charge is 0.342 e. The SMILES string of the molecule is O=C(/C=C/c1cscn1)N[C@H](c1ccc(Cl)cc1)c1ccsc1. The number of thiophene rings is 1. The molecule has 0 bridgehead atoms. The average Bonchev–Trinajstić information content (AvgIpc) is 3.25. The van der Waals surface area contributed by atoms with Gasteiger partial charge in [0.1, 0.15) is 0 Å². The summed E-state index contributed by atoms with van der Waals surface area (Å²) in [5, 5.41) is 9.62. The molecule has 0 aliphatic rings. The molecule has 0 saturated heterocycles. The van der Waals surface area contributed by atoms with Crippen LogP contribution in [0.25, 0.3) is 6.08 Å². The summed E-state index contributed by atoms with van der Waals surface area (Å²) in [5.74, 6) is -0.163. The monoisotopic (exact) mass is 360 g/mol. The van der Waals surface area contributed by atoms with Crippen molar-refractivity contribution >= 4 is 46.3 Å². The van der Waals surface area contributed by atoms with E-state index in [1.54, 1.807) is 22.9 Å². The zero-order valence-electron chi connectivity index (χ0n) is 12.0. The molecule has 1 atom stereocenters. The van der Waals surface area contributed by atoms with Gasteiger partial charge in [0.2, 0.25) is 5.91 Å². The Kier molecular flexibility index (Phi) is 5.23. The maximum atomic E-state index is 12.2. The van der Waals surface area contributed by atoms with Crippen LogP contribution in [0, 0.1) is 0 Å². The molecule has 1 aromatic carbocycles. The smallest absolute Gasteiger partial charge is 0.244 e. The van der Waals surface area contributed by atoms with Crippen LogP contribution in [0.2, 0.25) is 5.02 Å². The lowest BCUT2D eigenvalue weighted by Crippen LogP contribution is -2.27. The molecule has 0 aliphatic carbocycles. The first-order valence-corrected chi connectivity index (χ1v) is 9.13. The van der Waals surface area contributed by atoms with Crippen LogP contribution in [0.4, 0.5) is 0 Å². The number of hydrogen-bond acceptors (Lipinski definition) is 4. The van der Waals surface area contributed by atoms with Crippen LogP contribution < -0.4 is 5.32 Å². The minimum Gasteiger partial charge on any atom is -0.342 e. The third-order valence-electron chi connectivity index (χ3n) is 3.22. The number of thiazole rings is 1. The van der Waals surface area contributed by atoms with Gasteiger partial charge in [-0.3, -0.25) is 4.79 Å². The van der Waals surface area contributed by atoms with Gasteiger partial charge in [-0.1, -0.05) is 23.7 Å². The first-order chi connectivity index (χ1) is 11.2. The second-order valence-electron chi connectivity index (χ2n) is 4.80. The van der Waals surface area contributed by atoms with Crippen LogP contribution in [-0.4, -0.2) is 10.9 Å². The Morgan fingerprint density at radius 1 is 1.13 bits per heavy atom. The lowest BCUT2D eigenvalue weighted by molar-refractivity contribution is -0.116. The van der Waals surface area contributed by atoms with E-state index in [2.05, 4.69) is 10.3 Å². The average molecular weight is 361 g/mol. The number of carbonyl (C=O) groups is 1. The van der Waals surface area contributed by atoms with Crippen molar-refractivity contribution in [1.82, 2.24) is 10.3 Å². The molecule has 0 spiro atoms. The molecule has 3 aromatic rings. The van der Waals surface area contributed by atoms with Gasteiger partial charge in [-0.2, -0.15) is 11.3 Å². The molecular formula is C17H13ClN2OS2. The van der Waals surface area contributed by atoms with E-state index in [1.807, 2.05) is 46.5 Å². The lowest BCUT2D eigenvalue weighted by Gasteiger charge is -2.17. The lowest BCUT2D eigenvalue weighted by atomic mass is 10.0. The molecule has 3 rings (SSSR count). The van der Waals surface area contributed by atoms with Crippen molar-refractivity contribution in [3.63, 3.8) is 0 Å². The Balaban J connectivity index is 1.79. The fourth-order valence-corrected chi connectivity index (χ4v) is 3.44. The third kappa shape index (κ3) is 4.28. The Morgan fingerprint density at radius 3 is 2.61 bits per heavy atom. The molecule has 0 aliphatic heterocycles. The van der Waals surface area contributed by atoms with Crippen LogP contribution in [0.5, 0.6) is 0 Å². The minimum absolute atomic E-state index is 0.163. The summed E-state index contributed by atoms with van der Waals surface area (Å²) in [6.45, 7) is 0. The van der Waals surface area contributed by atoms with Crippen LogP contribution in [0.1, 0.15) is 22.9 Å². The molecule has 0 saturated carbocycles.